The minimum atomic E-state index is -2.95. The van der Waals surface area contributed by atoms with E-state index in [4.69, 9.17) is 0 Å². The van der Waals surface area contributed by atoms with E-state index in [1.54, 1.807) is 6.20 Å². The number of benzene rings is 1. The van der Waals surface area contributed by atoms with E-state index in [0.29, 0.717) is 13.0 Å². The highest BCUT2D eigenvalue weighted by Crippen LogP contribution is 2.46. The van der Waals surface area contributed by atoms with Crippen molar-refractivity contribution in [3.63, 3.8) is 0 Å². The Morgan fingerprint density at radius 3 is 2.57 bits per heavy atom. The second-order valence-corrected chi connectivity index (χ2v) is 8.58. The molecular formula is C17H21N3O2S. The van der Waals surface area contributed by atoms with Crippen LogP contribution < -0.4 is 5.32 Å². The fourth-order valence-corrected chi connectivity index (χ4v) is 4.25. The van der Waals surface area contributed by atoms with Crippen molar-refractivity contribution in [1.82, 2.24) is 9.97 Å². The van der Waals surface area contributed by atoms with Crippen LogP contribution in [-0.2, 0) is 16.3 Å². The zero-order chi connectivity index (χ0) is 16.3. The third-order valence-corrected chi connectivity index (χ3v) is 5.22. The molecule has 5 nitrogen and oxygen atoms in total. The summed E-state index contributed by atoms with van der Waals surface area (Å²) in [5.74, 6) is 1.76. The molecule has 0 unspecified atom stereocenters. The molecule has 0 spiro atoms. The molecule has 122 valence electrons. The molecule has 1 saturated carbocycles. The van der Waals surface area contributed by atoms with Crippen molar-refractivity contribution in [3.8, 4) is 0 Å². The molecule has 0 bridgehead atoms. The topological polar surface area (TPSA) is 72.0 Å². The smallest absolute Gasteiger partial charge is 0.148 e. The van der Waals surface area contributed by atoms with Gasteiger partial charge in [0.05, 0.1) is 5.75 Å². The molecule has 1 aliphatic carbocycles. The van der Waals surface area contributed by atoms with Gasteiger partial charge in [0.2, 0.25) is 0 Å². The Balaban J connectivity index is 1.62. The summed E-state index contributed by atoms with van der Waals surface area (Å²) in [6.45, 7) is 0.641. The number of anilines is 1. The van der Waals surface area contributed by atoms with Crippen LogP contribution in [0.15, 0.2) is 42.6 Å². The number of nitrogens with zero attached hydrogens (tertiary/aromatic N) is 2. The molecule has 1 heterocycles. The Hall–Kier alpha value is -1.95. The number of sulfone groups is 1. The number of hydrogen-bond donors (Lipinski definition) is 1. The lowest BCUT2D eigenvalue weighted by Gasteiger charge is -2.15. The highest BCUT2D eigenvalue weighted by Gasteiger charge is 2.45. The molecule has 6 heteroatoms. The van der Waals surface area contributed by atoms with E-state index in [1.165, 1.54) is 11.8 Å². The van der Waals surface area contributed by atoms with E-state index in [2.05, 4.69) is 27.4 Å². The van der Waals surface area contributed by atoms with Gasteiger partial charge in [0.25, 0.3) is 0 Å². The maximum Gasteiger partial charge on any atom is 0.148 e. The number of nitrogens with one attached hydrogen (secondary N) is 1. The van der Waals surface area contributed by atoms with Gasteiger partial charge in [-0.15, -0.1) is 0 Å². The van der Waals surface area contributed by atoms with Gasteiger partial charge >= 0.3 is 0 Å². The van der Waals surface area contributed by atoms with Crippen LogP contribution in [0.3, 0.4) is 0 Å². The Morgan fingerprint density at radius 1 is 1.17 bits per heavy atom. The first-order valence-corrected chi connectivity index (χ1v) is 9.78. The highest BCUT2D eigenvalue weighted by molar-refractivity contribution is 7.90. The molecular weight excluding hydrogens is 310 g/mol. The summed E-state index contributed by atoms with van der Waals surface area (Å²) < 4.78 is 23.0. The van der Waals surface area contributed by atoms with Crippen molar-refractivity contribution in [2.45, 2.75) is 19.3 Å². The minimum Gasteiger partial charge on any atom is -0.369 e. The zero-order valence-electron chi connectivity index (χ0n) is 13.2. The standard InChI is InChI=1S/C17H21N3O2S/c1-23(21,22)13-17(8-9-17)12-19-15-7-10-18-16(20-15)11-14-5-3-2-4-6-14/h2-7,10H,8-9,11-13H2,1H3,(H,18,19,20). The second kappa shape index (κ2) is 6.28. The summed E-state index contributed by atoms with van der Waals surface area (Å²) in [5.41, 5.74) is 1.05. The van der Waals surface area contributed by atoms with Crippen molar-refractivity contribution >= 4 is 15.7 Å². The maximum absolute atomic E-state index is 11.5. The minimum absolute atomic E-state index is 0.113. The summed E-state index contributed by atoms with van der Waals surface area (Å²) in [6, 6.07) is 11.9. The van der Waals surface area contributed by atoms with Gasteiger partial charge in [0, 0.05) is 30.8 Å². The van der Waals surface area contributed by atoms with Crippen molar-refractivity contribution in [1.29, 1.82) is 0 Å². The molecule has 1 aliphatic rings. The summed E-state index contributed by atoms with van der Waals surface area (Å²) in [6.07, 6.45) is 5.63. The Kier molecular flexibility index (Phi) is 4.35. The molecule has 0 amide bonds. The zero-order valence-corrected chi connectivity index (χ0v) is 14.0. The first-order valence-electron chi connectivity index (χ1n) is 7.72. The van der Waals surface area contributed by atoms with Gasteiger partial charge < -0.3 is 5.32 Å². The molecule has 1 aromatic carbocycles. The molecule has 0 atom stereocenters. The van der Waals surface area contributed by atoms with Gasteiger partial charge in [-0.2, -0.15) is 0 Å². The SMILES string of the molecule is CS(=O)(=O)CC1(CNc2ccnc(Cc3ccccc3)n2)CC1. The van der Waals surface area contributed by atoms with Crippen molar-refractivity contribution in [2.75, 3.05) is 23.9 Å². The molecule has 0 aliphatic heterocycles. The van der Waals surface area contributed by atoms with E-state index < -0.39 is 9.84 Å². The molecule has 1 aromatic heterocycles. The fourth-order valence-electron chi connectivity index (χ4n) is 2.74. The molecule has 1 fully saturated rings. The summed E-state index contributed by atoms with van der Waals surface area (Å²) >= 11 is 0. The molecule has 0 radical (unpaired) electrons. The Bertz CT molecular complexity index is 771. The maximum atomic E-state index is 11.5. The van der Waals surface area contributed by atoms with Gasteiger partial charge in [-0.3, -0.25) is 0 Å². The highest BCUT2D eigenvalue weighted by atomic mass is 32.2. The van der Waals surface area contributed by atoms with Crippen molar-refractivity contribution < 1.29 is 8.42 Å². The molecule has 2 aromatic rings. The average molecular weight is 331 g/mol. The van der Waals surface area contributed by atoms with Gasteiger partial charge in [0.15, 0.2) is 0 Å². The van der Waals surface area contributed by atoms with Crippen LogP contribution in [0, 0.1) is 5.41 Å². The van der Waals surface area contributed by atoms with E-state index in [0.717, 1.165) is 24.5 Å². The second-order valence-electron chi connectivity index (χ2n) is 6.44. The molecule has 3 rings (SSSR count). The average Bonchev–Trinajstić information content (AvgIpc) is 3.25. The third kappa shape index (κ3) is 4.76. The predicted octanol–water partition coefficient (Wildman–Crippen LogP) is 2.30. The lowest BCUT2D eigenvalue weighted by molar-refractivity contribution is 0.560. The Labute approximate surface area is 137 Å². The number of hydrogen-bond acceptors (Lipinski definition) is 5. The summed E-state index contributed by atoms with van der Waals surface area (Å²) in [7, 11) is -2.95. The first-order chi connectivity index (χ1) is 10.9. The predicted molar refractivity (Wildman–Crippen MR) is 91.1 cm³/mol. The molecule has 0 saturated heterocycles. The number of aromatic nitrogens is 2. The van der Waals surface area contributed by atoms with Crippen LogP contribution >= 0.6 is 0 Å². The lowest BCUT2D eigenvalue weighted by Crippen LogP contribution is -2.24. The van der Waals surface area contributed by atoms with E-state index in [-0.39, 0.29) is 11.2 Å². The van der Waals surface area contributed by atoms with Crippen LogP contribution in [-0.4, -0.2) is 36.9 Å². The van der Waals surface area contributed by atoms with Crippen LogP contribution in [0.4, 0.5) is 5.82 Å². The fraction of sp³-hybridized carbons (Fsp3) is 0.412. The first kappa shape index (κ1) is 15.9. The largest absolute Gasteiger partial charge is 0.369 e. The number of rotatable bonds is 7. The van der Waals surface area contributed by atoms with E-state index in [1.807, 2.05) is 24.3 Å². The van der Waals surface area contributed by atoms with Crippen molar-refractivity contribution in [3.05, 3.63) is 54.0 Å². The van der Waals surface area contributed by atoms with Gasteiger partial charge in [-0.05, 0) is 24.5 Å². The normalized spacial score (nSPS) is 16.0. The lowest BCUT2D eigenvalue weighted by atomic mass is 10.1. The summed E-state index contributed by atoms with van der Waals surface area (Å²) in [5, 5.41) is 3.28. The third-order valence-electron chi connectivity index (χ3n) is 4.08. The summed E-state index contributed by atoms with van der Waals surface area (Å²) in [4.78, 5) is 8.83. The monoisotopic (exact) mass is 331 g/mol. The quantitative estimate of drug-likeness (QED) is 0.843. The van der Waals surface area contributed by atoms with Crippen LogP contribution in [0.1, 0.15) is 24.2 Å². The van der Waals surface area contributed by atoms with Gasteiger partial charge in [-0.1, -0.05) is 30.3 Å². The van der Waals surface area contributed by atoms with Crippen molar-refractivity contribution in [2.24, 2.45) is 5.41 Å². The van der Waals surface area contributed by atoms with Crippen LogP contribution in [0.2, 0.25) is 0 Å². The Morgan fingerprint density at radius 2 is 1.91 bits per heavy atom. The van der Waals surface area contributed by atoms with Gasteiger partial charge in [-0.25, -0.2) is 18.4 Å². The van der Waals surface area contributed by atoms with Gasteiger partial charge in [0.1, 0.15) is 21.5 Å². The van der Waals surface area contributed by atoms with Crippen LogP contribution in [0.25, 0.3) is 0 Å². The van der Waals surface area contributed by atoms with E-state index in [9.17, 15) is 8.42 Å². The van der Waals surface area contributed by atoms with E-state index >= 15 is 0 Å². The molecule has 1 N–H and O–H groups in total. The van der Waals surface area contributed by atoms with Crippen LogP contribution in [0.5, 0.6) is 0 Å². The molecule has 23 heavy (non-hydrogen) atoms.